The van der Waals surface area contributed by atoms with Gasteiger partial charge in [-0.05, 0) is 17.0 Å². The van der Waals surface area contributed by atoms with E-state index in [1.54, 1.807) is 11.9 Å². The molecule has 1 atom stereocenters. The molecule has 1 aliphatic heterocycles. The Labute approximate surface area is 96.0 Å². The maximum atomic E-state index is 11.2. The fraction of sp³-hybridized carbons (Fsp3) is 0.462. The van der Waals surface area contributed by atoms with Crippen LogP contribution in [-0.4, -0.2) is 24.6 Å². The first-order chi connectivity index (χ1) is 7.58. The van der Waals surface area contributed by atoms with Crippen molar-refractivity contribution in [3.05, 3.63) is 35.4 Å². The van der Waals surface area contributed by atoms with Gasteiger partial charge in [0, 0.05) is 7.05 Å². The van der Waals surface area contributed by atoms with E-state index < -0.39 is 0 Å². The third kappa shape index (κ3) is 2.03. The summed E-state index contributed by atoms with van der Waals surface area (Å²) < 4.78 is 5.25. The van der Waals surface area contributed by atoms with Crippen LogP contribution in [0.4, 0.5) is 4.79 Å². The lowest BCUT2D eigenvalue weighted by Crippen LogP contribution is -2.17. The predicted molar refractivity (Wildman–Crippen MR) is 62.4 cm³/mol. The number of hydrogen-bond donors (Lipinski definition) is 0. The van der Waals surface area contributed by atoms with Gasteiger partial charge in [-0.1, -0.05) is 38.1 Å². The highest BCUT2D eigenvalue weighted by atomic mass is 16.6. The summed E-state index contributed by atoms with van der Waals surface area (Å²) in [6, 6.07) is 8.30. The standard InChI is InChI=1S/C13H17NO2/c1-9(2)10-4-6-11(7-5-10)12-8-14(3)13(15)16-12/h4-7,9,12H,8H2,1-3H3. The molecule has 0 radical (unpaired) electrons. The van der Waals surface area contributed by atoms with E-state index in [4.69, 9.17) is 4.74 Å². The first-order valence-electron chi connectivity index (χ1n) is 5.59. The Balaban J connectivity index is 2.14. The third-order valence-electron chi connectivity index (χ3n) is 2.97. The van der Waals surface area contributed by atoms with Crippen LogP contribution in [-0.2, 0) is 4.74 Å². The monoisotopic (exact) mass is 219 g/mol. The molecule has 0 saturated carbocycles. The van der Waals surface area contributed by atoms with E-state index in [9.17, 15) is 4.79 Å². The summed E-state index contributed by atoms with van der Waals surface area (Å²) in [5.74, 6) is 0.530. The van der Waals surface area contributed by atoms with Crippen molar-refractivity contribution >= 4 is 6.09 Å². The Hall–Kier alpha value is -1.51. The Morgan fingerprint density at radius 2 is 1.94 bits per heavy atom. The van der Waals surface area contributed by atoms with Crippen molar-refractivity contribution in [2.45, 2.75) is 25.9 Å². The van der Waals surface area contributed by atoms with Crippen LogP contribution in [0.3, 0.4) is 0 Å². The van der Waals surface area contributed by atoms with Gasteiger partial charge in [0.05, 0.1) is 6.54 Å². The molecule has 1 aromatic rings. The Morgan fingerprint density at radius 3 is 2.38 bits per heavy atom. The van der Waals surface area contributed by atoms with Gasteiger partial charge in [0.2, 0.25) is 0 Å². The van der Waals surface area contributed by atoms with Crippen LogP contribution in [0.1, 0.15) is 37.0 Å². The molecular weight excluding hydrogens is 202 g/mol. The third-order valence-corrected chi connectivity index (χ3v) is 2.97. The molecule has 1 unspecified atom stereocenters. The van der Waals surface area contributed by atoms with Gasteiger partial charge < -0.3 is 9.64 Å². The predicted octanol–water partition coefficient (Wildman–Crippen LogP) is 2.93. The van der Waals surface area contributed by atoms with Gasteiger partial charge in [0.25, 0.3) is 0 Å². The van der Waals surface area contributed by atoms with Gasteiger partial charge in [0.1, 0.15) is 6.10 Å². The highest BCUT2D eigenvalue weighted by Gasteiger charge is 2.29. The second kappa shape index (κ2) is 4.16. The first kappa shape index (κ1) is 11.0. The molecule has 0 aromatic heterocycles. The molecule has 0 bridgehead atoms. The van der Waals surface area contributed by atoms with Crippen LogP contribution < -0.4 is 0 Å². The van der Waals surface area contributed by atoms with Crippen molar-refractivity contribution in [1.82, 2.24) is 4.90 Å². The molecule has 3 heteroatoms. The minimum Gasteiger partial charge on any atom is -0.439 e. The van der Waals surface area contributed by atoms with E-state index in [2.05, 4.69) is 26.0 Å². The normalized spacial score (nSPS) is 20.4. The minimum absolute atomic E-state index is 0.112. The van der Waals surface area contributed by atoms with Crippen LogP contribution in [0.25, 0.3) is 0 Å². The minimum atomic E-state index is -0.238. The van der Waals surface area contributed by atoms with Gasteiger partial charge >= 0.3 is 6.09 Å². The van der Waals surface area contributed by atoms with Crippen LogP contribution in [0.2, 0.25) is 0 Å². The molecule has 16 heavy (non-hydrogen) atoms. The lowest BCUT2D eigenvalue weighted by molar-refractivity contribution is 0.135. The number of benzene rings is 1. The van der Waals surface area contributed by atoms with E-state index in [0.717, 1.165) is 5.56 Å². The Bertz CT molecular complexity index is 383. The van der Waals surface area contributed by atoms with Crippen LogP contribution in [0, 0.1) is 0 Å². The molecule has 1 aromatic carbocycles. The summed E-state index contributed by atoms with van der Waals surface area (Å²) in [7, 11) is 1.75. The summed E-state index contributed by atoms with van der Waals surface area (Å²) in [6.45, 7) is 4.97. The number of hydrogen-bond acceptors (Lipinski definition) is 2. The Kier molecular flexibility index (Phi) is 2.86. The zero-order valence-corrected chi connectivity index (χ0v) is 9.93. The number of nitrogens with zero attached hydrogens (tertiary/aromatic N) is 1. The molecule has 1 aliphatic rings. The molecule has 1 saturated heterocycles. The number of ether oxygens (including phenoxy) is 1. The van der Waals surface area contributed by atoms with Gasteiger partial charge in [0.15, 0.2) is 0 Å². The molecule has 0 spiro atoms. The van der Waals surface area contributed by atoms with Crippen LogP contribution in [0.15, 0.2) is 24.3 Å². The average Bonchev–Trinajstić information content (AvgIpc) is 2.59. The molecule has 3 nitrogen and oxygen atoms in total. The van der Waals surface area contributed by atoms with E-state index in [-0.39, 0.29) is 12.2 Å². The van der Waals surface area contributed by atoms with Crippen molar-refractivity contribution in [2.24, 2.45) is 0 Å². The number of amides is 1. The second-order valence-electron chi connectivity index (χ2n) is 4.57. The van der Waals surface area contributed by atoms with Crippen molar-refractivity contribution in [3.63, 3.8) is 0 Å². The molecular formula is C13H17NO2. The highest BCUT2D eigenvalue weighted by molar-refractivity contribution is 5.69. The largest absolute Gasteiger partial charge is 0.439 e. The fourth-order valence-electron chi connectivity index (χ4n) is 1.84. The fourth-order valence-corrected chi connectivity index (χ4v) is 1.84. The maximum absolute atomic E-state index is 11.2. The van der Waals surface area contributed by atoms with Crippen molar-refractivity contribution in [1.29, 1.82) is 0 Å². The zero-order chi connectivity index (χ0) is 11.7. The molecule has 86 valence electrons. The summed E-state index contributed by atoms with van der Waals surface area (Å²) in [5, 5.41) is 0. The number of carbonyl (C=O) groups excluding carboxylic acids is 1. The molecule has 2 rings (SSSR count). The molecule has 0 N–H and O–H groups in total. The highest BCUT2D eigenvalue weighted by Crippen LogP contribution is 2.26. The zero-order valence-electron chi connectivity index (χ0n) is 9.93. The van der Waals surface area contributed by atoms with E-state index in [1.165, 1.54) is 5.56 Å². The second-order valence-corrected chi connectivity index (χ2v) is 4.57. The lowest BCUT2D eigenvalue weighted by Gasteiger charge is -2.10. The van der Waals surface area contributed by atoms with E-state index >= 15 is 0 Å². The van der Waals surface area contributed by atoms with Crippen molar-refractivity contribution < 1.29 is 9.53 Å². The van der Waals surface area contributed by atoms with Crippen LogP contribution >= 0.6 is 0 Å². The number of carbonyl (C=O) groups is 1. The smallest absolute Gasteiger partial charge is 0.410 e. The number of rotatable bonds is 2. The Morgan fingerprint density at radius 1 is 1.31 bits per heavy atom. The quantitative estimate of drug-likeness (QED) is 0.765. The van der Waals surface area contributed by atoms with Gasteiger partial charge in [-0.15, -0.1) is 0 Å². The summed E-state index contributed by atoms with van der Waals surface area (Å²) in [5.41, 5.74) is 2.38. The molecule has 1 amide bonds. The lowest BCUT2D eigenvalue weighted by atomic mass is 10.00. The number of cyclic esters (lactones) is 1. The van der Waals surface area contributed by atoms with Crippen molar-refractivity contribution in [2.75, 3.05) is 13.6 Å². The van der Waals surface area contributed by atoms with E-state index in [1.807, 2.05) is 12.1 Å². The maximum Gasteiger partial charge on any atom is 0.410 e. The average molecular weight is 219 g/mol. The summed E-state index contributed by atoms with van der Waals surface area (Å²) in [6.07, 6.45) is -0.350. The SMILES string of the molecule is CC(C)c1ccc(C2CN(C)C(=O)O2)cc1. The molecule has 1 fully saturated rings. The topological polar surface area (TPSA) is 29.5 Å². The first-order valence-corrected chi connectivity index (χ1v) is 5.59. The van der Waals surface area contributed by atoms with Gasteiger partial charge in [-0.3, -0.25) is 0 Å². The van der Waals surface area contributed by atoms with Crippen molar-refractivity contribution in [3.8, 4) is 0 Å². The molecule has 0 aliphatic carbocycles. The molecule has 1 heterocycles. The summed E-state index contributed by atoms with van der Waals surface area (Å²) >= 11 is 0. The van der Waals surface area contributed by atoms with E-state index in [0.29, 0.717) is 12.5 Å². The summed E-state index contributed by atoms with van der Waals surface area (Å²) in [4.78, 5) is 12.8. The van der Waals surface area contributed by atoms with Crippen LogP contribution in [0.5, 0.6) is 0 Å². The number of likely N-dealkylation sites (N-methyl/N-ethyl adjacent to an activating group) is 1. The van der Waals surface area contributed by atoms with Gasteiger partial charge in [-0.25, -0.2) is 4.79 Å². The van der Waals surface area contributed by atoms with Gasteiger partial charge in [-0.2, -0.15) is 0 Å².